The third kappa shape index (κ3) is 4.99. The van der Waals surface area contributed by atoms with Crippen LogP contribution in [0.1, 0.15) is 12.0 Å². The van der Waals surface area contributed by atoms with Crippen molar-refractivity contribution in [2.24, 2.45) is 0 Å². The van der Waals surface area contributed by atoms with Crippen LogP contribution in [0.5, 0.6) is 11.5 Å². The molecule has 0 amide bonds. The number of hydrogen-bond donors (Lipinski definition) is 1. The van der Waals surface area contributed by atoms with E-state index in [9.17, 15) is 4.39 Å². The van der Waals surface area contributed by atoms with E-state index in [2.05, 4.69) is 15.3 Å². The van der Waals surface area contributed by atoms with Gasteiger partial charge in [-0.3, -0.25) is 0 Å². The lowest BCUT2D eigenvalue weighted by molar-refractivity contribution is 0.142. The molecule has 1 saturated heterocycles. The number of rotatable bonds is 7. The van der Waals surface area contributed by atoms with Crippen LogP contribution < -0.4 is 14.8 Å². The second kappa shape index (κ2) is 9.60. The van der Waals surface area contributed by atoms with Crippen molar-refractivity contribution in [3.63, 3.8) is 0 Å². The summed E-state index contributed by atoms with van der Waals surface area (Å²) in [5, 5.41) is 3.92. The van der Waals surface area contributed by atoms with Gasteiger partial charge in [0.15, 0.2) is 0 Å². The van der Waals surface area contributed by atoms with Crippen LogP contribution in [0.25, 0.3) is 10.9 Å². The maximum atomic E-state index is 13.6. The molecule has 1 unspecified atom stereocenters. The van der Waals surface area contributed by atoms with Gasteiger partial charge in [-0.25, -0.2) is 14.4 Å². The largest absolute Gasteiger partial charge is 0.489 e. The Morgan fingerprint density at radius 1 is 1.09 bits per heavy atom. The third-order valence-electron chi connectivity index (χ3n) is 5.29. The number of fused-ring (bicyclic) bond motifs is 1. The monoisotopic (exact) mass is 465 g/mol. The number of nitrogens with one attached hydrogen (secondary N) is 1. The van der Waals surface area contributed by atoms with Gasteiger partial charge < -0.3 is 19.5 Å². The Labute approximate surface area is 195 Å². The first-order valence-electron chi connectivity index (χ1n) is 10.6. The normalized spacial score (nSPS) is 15.5. The molecule has 6 nitrogen and oxygen atoms in total. The van der Waals surface area contributed by atoms with Crippen LogP contribution in [-0.2, 0) is 11.3 Å². The van der Waals surface area contributed by atoms with Crippen LogP contribution >= 0.6 is 11.6 Å². The Hall–Kier alpha value is -3.42. The molecular formula is C25H21ClFN3O3. The Morgan fingerprint density at radius 2 is 1.97 bits per heavy atom. The molecule has 33 heavy (non-hydrogen) atoms. The standard InChI is InChI=1S/C25H21ClFN3O3/c26-20-10-17(6-7-21(20)27)30-25-24-22(28-15-29-25)11-19(32-13-16-4-2-1-3-5-16)12-23(24)33-18-8-9-31-14-18/h1-7,10-12,15,18H,8-9,13-14H2,(H,28,29,30). The summed E-state index contributed by atoms with van der Waals surface area (Å²) >= 11 is 5.95. The van der Waals surface area contributed by atoms with E-state index >= 15 is 0 Å². The molecule has 8 heteroatoms. The van der Waals surface area contributed by atoms with Gasteiger partial charge in [-0.15, -0.1) is 0 Å². The second-order valence-electron chi connectivity index (χ2n) is 7.67. The van der Waals surface area contributed by atoms with Crippen LogP contribution in [0.4, 0.5) is 15.9 Å². The maximum absolute atomic E-state index is 13.6. The molecule has 1 fully saturated rings. The number of ether oxygens (including phenoxy) is 3. The zero-order chi connectivity index (χ0) is 22.6. The SMILES string of the molecule is Fc1ccc(Nc2ncnc3cc(OCc4ccccc4)cc(OC4CCOC4)c23)cc1Cl. The van der Waals surface area contributed by atoms with E-state index in [1.54, 1.807) is 6.07 Å². The van der Waals surface area contributed by atoms with Crippen LogP contribution in [0.15, 0.2) is 67.0 Å². The zero-order valence-corrected chi connectivity index (χ0v) is 18.4. The van der Waals surface area contributed by atoms with Crippen molar-refractivity contribution < 1.29 is 18.6 Å². The molecule has 5 rings (SSSR count). The number of aromatic nitrogens is 2. The average Bonchev–Trinajstić information content (AvgIpc) is 3.34. The minimum Gasteiger partial charge on any atom is -0.489 e. The topological polar surface area (TPSA) is 65.5 Å². The van der Waals surface area contributed by atoms with E-state index in [1.165, 1.54) is 18.5 Å². The first-order valence-corrected chi connectivity index (χ1v) is 11.0. The fraction of sp³-hybridized carbons (Fsp3) is 0.200. The molecule has 168 valence electrons. The summed E-state index contributed by atoms with van der Waals surface area (Å²) in [6, 6.07) is 18.0. The Bertz CT molecular complexity index is 1270. The molecule has 4 aromatic rings. The average molecular weight is 466 g/mol. The van der Waals surface area contributed by atoms with Gasteiger partial charge in [-0.05, 0) is 23.8 Å². The second-order valence-corrected chi connectivity index (χ2v) is 8.08. The number of halogens is 2. The summed E-state index contributed by atoms with van der Waals surface area (Å²) in [5.74, 6) is 1.25. The summed E-state index contributed by atoms with van der Waals surface area (Å²) in [5.41, 5.74) is 2.31. The van der Waals surface area contributed by atoms with Crippen LogP contribution in [0.2, 0.25) is 5.02 Å². The highest BCUT2D eigenvalue weighted by atomic mass is 35.5. The highest BCUT2D eigenvalue weighted by Crippen LogP contribution is 2.37. The van der Waals surface area contributed by atoms with Gasteiger partial charge in [0.25, 0.3) is 0 Å². The quantitative estimate of drug-likeness (QED) is 0.366. The molecule has 1 atom stereocenters. The molecule has 1 aliphatic heterocycles. The van der Waals surface area contributed by atoms with E-state index in [-0.39, 0.29) is 11.1 Å². The lowest BCUT2D eigenvalue weighted by Gasteiger charge is -2.18. The Morgan fingerprint density at radius 3 is 2.76 bits per heavy atom. The lowest BCUT2D eigenvalue weighted by atomic mass is 10.1. The zero-order valence-electron chi connectivity index (χ0n) is 17.6. The number of hydrogen-bond acceptors (Lipinski definition) is 6. The smallest absolute Gasteiger partial charge is 0.145 e. The Kier molecular flexibility index (Phi) is 6.24. The number of nitrogens with zero attached hydrogens (tertiary/aromatic N) is 2. The molecule has 0 saturated carbocycles. The highest BCUT2D eigenvalue weighted by Gasteiger charge is 2.21. The third-order valence-corrected chi connectivity index (χ3v) is 5.58. The summed E-state index contributed by atoms with van der Waals surface area (Å²) in [6.07, 6.45) is 2.17. The van der Waals surface area contributed by atoms with Crippen molar-refractivity contribution >= 4 is 34.0 Å². The van der Waals surface area contributed by atoms with Crippen molar-refractivity contribution in [2.75, 3.05) is 18.5 Å². The predicted molar refractivity (Wildman–Crippen MR) is 125 cm³/mol. The van der Waals surface area contributed by atoms with Crippen molar-refractivity contribution in [1.82, 2.24) is 9.97 Å². The molecule has 1 aliphatic rings. The highest BCUT2D eigenvalue weighted by molar-refractivity contribution is 6.31. The van der Waals surface area contributed by atoms with Crippen molar-refractivity contribution in [3.8, 4) is 11.5 Å². The van der Waals surface area contributed by atoms with Gasteiger partial charge in [-0.2, -0.15) is 0 Å². The van der Waals surface area contributed by atoms with Crippen LogP contribution in [0.3, 0.4) is 0 Å². The predicted octanol–water partition coefficient (Wildman–Crippen LogP) is 5.91. The van der Waals surface area contributed by atoms with Crippen molar-refractivity contribution in [2.45, 2.75) is 19.1 Å². The summed E-state index contributed by atoms with van der Waals surface area (Å²) < 4.78 is 31.4. The summed E-state index contributed by atoms with van der Waals surface area (Å²) in [4.78, 5) is 8.84. The minimum atomic E-state index is -0.486. The lowest BCUT2D eigenvalue weighted by Crippen LogP contribution is -2.16. The fourth-order valence-electron chi connectivity index (χ4n) is 3.64. The van der Waals surface area contributed by atoms with Crippen LogP contribution in [-0.4, -0.2) is 29.3 Å². The van der Waals surface area contributed by atoms with E-state index in [4.69, 9.17) is 25.8 Å². The van der Waals surface area contributed by atoms with Gasteiger partial charge in [0.05, 0.1) is 29.1 Å². The molecule has 3 aromatic carbocycles. The maximum Gasteiger partial charge on any atom is 0.145 e. The summed E-state index contributed by atoms with van der Waals surface area (Å²) in [7, 11) is 0. The van der Waals surface area contributed by atoms with Gasteiger partial charge in [0.2, 0.25) is 0 Å². The molecular weight excluding hydrogens is 445 g/mol. The molecule has 0 radical (unpaired) electrons. The number of benzene rings is 3. The minimum absolute atomic E-state index is 0.0227. The van der Waals surface area contributed by atoms with Gasteiger partial charge in [0.1, 0.15) is 42.2 Å². The molecule has 0 spiro atoms. The fourth-order valence-corrected chi connectivity index (χ4v) is 3.82. The van der Waals surface area contributed by atoms with Crippen molar-refractivity contribution in [1.29, 1.82) is 0 Å². The van der Waals surface area contributed by atoms with Crippen LogP contribution in [0, 0.1) is 5.82 Å². The van der Waals surface area contributed by atoms with Crippen molar-refractivity contribution in [3.05, 3.63) is 83.4 Å². The van der Waals surface area contributed by atoms with Gasteiger partial charge >= 0.3 is 0 Å². The molecule has 1 N–H and O–H groups in total. The van der Waals surface area contributed by atoms with E-state index in [0.29, 0.717) is 53.7 Å². The van der Waals surface area contributed by atoms with E-state index in [1.807, 2.05) is 42.5 Å². The molecule has 0 aliphatic carbocycles. The first-order chi connectivity index (χ1) is 16.2. The Balaban J connectivity index is 1.51. The van der Waals surface area contributed by atoms with E-state index < -0.39 is 5.82 Å². The molecule has 2 heterocycles. The summed E-state index contributed by atoms with van der Waals surface area (Å²) in [6.45, 7) is 1.59. The van der Waals surface area contributed by atoms with Gasteiger partial charge in [0, 0.05) is 24.2 Å². The van der Waals surface area contributed by atoms with E-state index in [0.717, 1.165) is 12.0 Å². The molecule has 1 aromatic heterocycles. The number of anilines is 2. The first kappa shape index (κ1) is 21.4. The van der Waals surface area contributed by atoms with Gasteiger partial charge in [-0.1, -0.05) is 41.9 Å². The molecule has 0 bridgehead atoms.